The van der Waals surface area contributed by atoms with E-state index in [4.69, 9.17) is 14.2 Å². The van der Waals surface area contributed by atoms with Crippen LogP contribution in [0.5, 0.6) is 5.75 Å². The van der Waals surface area contributed by atoms with Crippen molar-refractivity contribution in [3.05, 3.63) is 53.6 Å². The summed E-state index contributed by atoms with van der Waals surface area (Å²) < 4.78 is 115. The minimum atomic E-state index is -4.89. The molecule has 3 aliphatic rings. The molecule has 3 nitrogen and oxygen atoms in total. The molecule has 3 fully saturated rings. The fraction of sp³-hybridized carbons (Fsp3) is 0.657. The van der Waals surface area contributed by atoms with Gasteiger partial charge in [0.1, 0.15) is 17.4 Å². The van der Waals surface area contributed by atoms with Crippen molar-refractivity contribution in [2.75, 3.05) is 13.2 Å². The number of hydrogen-bond donors (Lipinski definition) is 0. The Balaban J connectivity index is 1.08. The van der Waals surface area contributed by atoms with Gasteiger partial charge < -0.3 is 14.2 Å². The maximum atomic E-state index is 15.1. The van der Waals surface area contributed by atoms with Crippen LogP contribution >= 0.6 is 0 Å². The van der Waals surface area contributed by atoms with E-state index in [1.165, 1.54) is 51.4 Å². The summed E-state index contributed by atoms with van der Waals surface area (Å²) in [4.78, 5) is 0. The predicted molar refractivity (Wildman–Crippen MR) is 157 cm³/mol. The SMILES string of the molecule is CCCCCC1CCC(C2COC(C3CCC(C(F)(F)Oc4ccc(-c5ccc(C(F)(F)F)c(F)c5)c(F)c4)CC3)OC2)CC1. The predicted octanol–water partition coefficient (Wildman–Crippen LogP) is 10.8. The highest BCUT2D eigenvalue weighted by atomic mass is 19.4. The first-order chi connectivity index (χ1) is 21.4. The average Bonchev–Trinajstić information content (AvgIpc) is 3.01. The Kier molecular flexibility index (Phi) is 11.0. The molecule has 0 atom stereocenters. The standard InChI is InChI=1S/C35H43F7O3/c1-2-3-4-5-22-6-8-23(9-7-22)26-20-43-33(44-21-26)24-10-13-27(14-11-24)35(41,42)45-28-15-16-29(31(36)19-28)25-12-17-30(32(37)18-25)34(38,39)40/h12,15-19,22-24,26-27,33H,2-11,13-14,20-21H2,1H3. The summed E-state index contributed by atoms with van der Waals surface area (Å²) in [7, 11) is 0. The monoisotopic (exact) mass is 644 g/mol. The molecular weight excluding hydrogens is 601 g/mol. The first kappa shape index (κ1) is 34.0. The molecule has 1 heterocycles. The third-order valence-corrected chi connectivity index (χ3v) is 10.1. The van der Waals surface area contributed by atoms with Crippen LogP contribution in [0.15, 0.2) is 36.4 Å². The number of hydrogen-bond acceptors (Lipinski definition) is 3. The number of halogens is 7. The Hall–Kier alpha value is -2.33. The first-order valence-corrected chi connectivity index (χ1v) is 16.4. The second kappa shape index (κ2) is 14.6. The molecule has 0 amide bonds. The lowest BCUT2D eigenvalue weighted by Crippen LogP contribution is -2.43. The van der Waals surface area contributed by atoms with Crippen molar-refractivity contribution in [2.45, 2.75) is 103 Å². The van der Waals surface area contributed by atoms with Gasteiger partial charge in [-0.05, 0) is 80.2 Å². The summed E-state index contributed by atoms with van der Waals surface area (Å²) in [5.74, 6) is -2.20. The molecule has 2 aromatic carbocycles. The minimum absolute atomic E-state index is 0.0214. The van der Waals surface area contributed by atoms with Gasteiger partial charge in [0.15, 0.2) is 6.29 Å². The van der Waals surface area contributed by atoms with Crippen LogP contribution in [-0.4, -0.2) is 25.6 Å². The van der Waals surface area contributed by atoms with Crippen molar-refractivity contribution in [2.24, 2.45) is 29.6 Å². The molecule has 1 saturated heterocycles. The van der Waals surface area contributed by atoms with Crippen molar-refractivity contribution in [3.63, 3.8) is 0 Å². The minimum Gasteiger partial charge on any atom is -0.432 e. The zero-order valence-corrected chi connectivity index (χ0v) is 25.7. The van der Waals surface area contributed by atoms with E-state index in [2.05, 4.69) is 6.92 Å². The van der Waals surface area contributed by atoms with Gasteiger partial charge in [0, 0.05) is 23.5 Å². The number of rotatable bonds is 10. The molecule has 2 saturated carbocycles. The topological polar surface area (TPSA) is 27.7 Å². The number of benzene rings is 2. The molecule has 0 spiro atoms. The fourth-order valence-corrected chi connectivity index (χ4v) is 7.38. The third kappa shape index (κ3) is 8.53. The summed E-state index contributed by atoms with van der Waals surface area (Å²) in [5, 5.41) is 0. The molecule has 45 heavy (non-hydrogen) atoms. The molecule has 2 aliphatic carbocycles. The number of ether oxygens (including phenoxy) is 3. The van der Waals surface area contributed by atoms with Gasteiger partial charge in [0.25, 0.3) is 0 Å². The molecule has 5 rings (SSSR count). The van der Waals surface area contributed by atoms with E-state index < -0.39 is 47.4 Å². The van der Waals surface area contributed by atoms with Gasteiger partial charge in [0.05, 0.1) is 24.7 Å². The van der Waals surface area contributed by atoms with Crippen LogP contribution < -0.4 is 4.74 Å². The van der Waals surface area contributed by atoms with Crippen molar-refractivity contribution in [1.29, 1.82) is 0 Å². The molecule has 10 heteroatoms. The summed E-state index contributed by atoms with van der Waals surface area (Å²) in [6, 6.07) is 4.94. The quantitative estimate of drug-likeness (QED) is 0.190. The molecule has 0 N–H and O–H groups in total. The Labute approximate surface area is 260 Å². The largest absolute Gasteiger partial charge is 0.432 e. The first-order valence-electron chi connectivity index (χ1n) is 16.4. The van der Waals surface area contributed by atoms with E-state index in [0.29, 0.717) is 50.0 Å². The maximum absolute atomic E-state index is 15.1. The van der Waals surface area contributed by atoms with E-state index in [0.717, 1.165) is 30.2 Å². The third-order valence-electron chi connectivity index (χ3n) is 10.1. The van der Waals surface area contributed by atoms with Gasteiger partial charge in [-0.1, -0.05) is 51.5 Å². The lowest BCUT2D eigenvalue weighted by molar-refractivity contribution is -0.251. The van der Waals surface area contributed by atoms with Crippen molar-refractivity contribution < 1.29 is 44.9 Å². The summed E-state index contributed by atoms with van der Waals surface area (Å²) in [5.41, 5.74) is -1.86. The zero-order valence-electron chi connectivity index (χ0n) is 25.7. The number of alkyl halides is 5. The molecule has 0 bridgehead atoms. The van der Waals surface area contributed by atoms with Gasteiger partial charge in [-0.25, -0.2) is 8.78 Å². The molecule has 1 aliphatic heterocycles. The lowest BCUT2D eigenvalue weighted by atomic mass is 9.74. The molecule has 0 radical (unpaired) electrons. The molecule has 0 aromatic heterocycles. The van der Waals surface area contributed by atoms with Gasteiger partial charge >= 0.3 is 12.3 Å². The molecular formula is C35H43F7O3. The summed E-state index contributed by atoms with van der Waals surface area (Å²) >= 11 is 0. The zero-order chi connectivity index (χ0) is 32.2. The van der Waals surface area contributed by atoms with Crippen molar-refractivity contribution in [3.8, 4) is 16.9 Å². The van der Waals surface area contributed by atoms with Gasteiger partial charge in [0.2, 0.25) is 0 Å². The van der Waals surface area contributed by atoms with Crippen LogP contribution in [0.2, 0.25) is 0 Å². The average molecular weight is 645 g/mol. The van der Waals surface area contributed by atoms with Crippen LogP contribution in [-0.2, 0) is 15.7 Å². The highest BCUT2D eigenvalue weighted by Gasteiger charge is 2.46. The number of unbranched alkanes of at least 4 members (excludes halogenated alkanes) is 2. The van der Waals surface area contributed by atoms with Crippen molar-refractivity contribution in [1.82, 2.24) is 0 Å². The van der Waals surface area contributed by atoms with E-state index in [1.807, 2.05) is 0 Å². The van der Waals surface area contributed by atoms with Crippen LogP contribution in [0.1, 0.15) is 89.5 Å². The second-order valence-electron chi connectivity index (χ2n) is 13.2. The van der Waals surface area contributed by atoms with E-state index in [9.17, 15) is 22.0 Å². The van der Waals surface area contributed by atoms with Crippen LogP contribution in [0, 0.1) is 41.2 Å². The molecule has 2 aromatic rings. The smallest absolute Gasteiger partial charge is 0.419 e. The van der Waals surface area contributed by atoms with Gasteiger partial charge in [-0.15, -0.1) is 0 Å². The summed E-state index contributed by atoms with van der Waals surface area (Å²) in [6.07, 6.45) is 2.77. The highest BCUT2D eigenvalue weighted by molar-refractivity contribution is 5.65. The Morgan fingerprint density at radius 1 is 0.733 bits per heavy atom. The van der Waals surface area contributed by atoms with Crippen LogP contribution in [0.25, 0.3) is 11.1 Å². The van der Waals surface area contributed by atoms with Crippen LogP contribution in [0.4, 0.5) is 30.7 Å². The van der Waals surface area contributed by atoms with E-state index in [1.54, 1.807) is 0 Å². The molecule has 250 valence electrons. The Bertz CT molecular complexity index is 1240. The fourth-order valence-electron chi connectivity index (χ4n) is 7.38. The van der Waals surface area contributed by atoms with Gasteiger partial charge in [-0.2, -0.15) is 22.0 Å². The lowest BCUT2D eigenvalue weighted by Gasteiger charge is -2.41. The van der Waals surface area contributed by atoms with E-state index in [-0.39, 0.29) is 29.9 Å². The van der Waals surface area contributed by atoms with Crippen LogP contribution in [0.3, 0.4) is 0 Å². The van der Waals surface area contributed by atoms with Gasteiger partial charge in [-0.3, -0.25) is 0 Å². The Morgan fingerprint density at radius 2 is 1.40 bits per heavy atom. The Morgan fingerprint density at radius 3 is 2.00 bits per heavy atom. The summed E-state index contributed by atoms with van der Waals surface area (Å²) in [6.45, 7) is 3.53. The molecule has 0 unspecified atom stereocenters. The van der Waals surface area contributed by atoms with Crippen molar-refractivity contribution >= 4 is 0 Å². The normalized spacial score (nSPS) is 28.2. The van der Waals surface area contributed by atoms with E-state index >= 15 is 8.78 Å². The second-order valence-corrected chi connectivity index (χ2v) is 13.2. The highest BCUT2D eigenvalue weighted by Crippen LogP contribution is 2.44. The maximum Gasteiger partial charge on any atom is 0.419 e.